The lowest BCUT2D eigenvalue weighted by Crippen LogP contribution is -2.51. The second-order valence-electron chi connectivity index (χ2n) is 7.97. The predicted octanol–water partition coefficient (Wildman–Crippen LogP) is 2.49. The average Bonchev–Trinajstić information content (AvgIpc) is 3.46. The van der Waals surface area contributed by atoms with Crippen molar-refractivity contribution in [2.24, 2.45) is 5.92 Å². The van der Waals surface area contributed by atoms with E-state index in [0.717, 1.165) is 17.7 Å². The molecule has 7 nitrogen and oxygen atoms in total. The lowest BCUT2D eigenvalue weighted by Gasteiger charge is -2.34. The fourth-order valence-electron chi connectivity index (χ4n) is 4.12. The molecule has 1 aliphatic carbocycles. The highest BCUT2D eigenvalue weighted by molar-refractivity contribution is 5.92. The molecule has 0 N–H and O–H groups in total. The Hall–Kier alpha value is -3.55. The first-order chi connectivity index (χ1) is 15.1. The third kappa shape index (κ3) is 3.93. The first-order valence-corrected chi connectivity index (χ1v) is 10.4. The van der Waals surface area contributed by atoms with Gasteiger partial charge < -0.3 is 9.80 Å². The number of piperazine rings is 1. The molecule has 0 spiro atoms. The zero-order valence-corrected chi connectivity index (χ0v) is 16.9. The van der Waals surface area contributed by atoms with Crippen LogP contribution in [-0.2, 0) is 4.79 Å². The van der Waals surface area contributed by atoms with Crippen LogP contribution >= 0.6 is 0 Å². The summed E-state index contributed by atoms with van der Waals surface area (Å²) in [6.07, 6.45) is 2.27. The maximum absolute atomic E-state index is 13.1. The van der Waals surface area contributed by atoms with Crippen molar-refractivity contribution in [2.45, 2.75) is 12.3 Å². The highest BCUT2D eigenvalue weighted by Gasteiger charge is 2.46. The predicted molar refractivity (Wildman–Crippen MR) is 111 cm³/mol. The van der Waals surface area contributed by atoms with Gasteiger partial charge in [0, 0.05) is 32.1 Å². The zero-order chi connectivity index (χ0) is 21.4. The number of hydrogen-bond acceptors (Lipinski definition) is 4. The van der Waals surface area contributed by atoms with E-state index in [1.54, 1.807) is 17.0 Å². The molecule has 1 saturated heterocycles. The first kappa shape index (κ1) is 19.4. The Morgan fingerprint density at radius 1 is 0.903 bits per heavy atom. The van der Waals surface area contributed by atoms with Crippen LogP contribution in [0.1, 0.15) is 28.4 Å². The van der Waals surface area contributed by atoms with Crippen molar-refractivity contribution < 1.29 is 14.0 Å². The Bertz CT molecular complexity index is 1090. The van der Waals surface area contributed by atoms with E-state index in [2.05, 4.69) is 10.2 Å². The number of hydrogen-bond donors (Lipinski definition) is 0. The molecule has 0 radical (unpaired) electrons. The van der Waals surface area contributed by atoms with Crippen LogP contribution in [0, 0.1) is 11.7 Å². The van der Waals surface area contributed by atoms with Gasteiger partial charge in [0.2, 0.25) is 5.91 Å². The van der Waals surface area contributed by atoms with Gasteiger partial charge in [0.05, 0.1) is 11.9 Å². The van der Waals surface area contributed by atoms with E-state index in [1.165, 1.54) is 23.1 Å². The quantitative estimate of drug-likeness (QED) is 0.652. The van der Waals surface area contributed by atoms with E-state index >= 15 is 0 Å². The zero-order valence-electron chi connectivity index (χ0n) is 16.9. The van der Waals surface area contributed by atoms with Crippen LogP contribution in [0.4, 0.5) is 4.39 Å². The molecule has 1 aliphatic heterocycles. The van der Waals surface area contributed by atoms with E-state index in [0.29, 0.717) is 31.9 Å². The molecule has 158 valence electrons. The summed E-state index contributed by atoms with van der Waals surface area (Å²) in [5.41, 5.74) is 2.09. The van der Waals surface area contributed by atoms with Gasteiger partial charge in [0.25, 0.3) is 5.91 Å². The molecule has 8 heteroatoms. The van der Waals surface area contributed by atoms with Crippen molar-refractivity contribution in [3.63, 3.8) is 0 Å². The number of para-hydroxylation sites is 1. The molecule has 2 heterocycles. The Kier molecular flexibility index (Phi) is 4.97. The van der Waals surface area contributed by atoms with Crippen molar-refractivity contribution in [1.82, 2.24) is 24.8 Å². The highest BCUT2D eigenvalue weighted by Crippen LogP contribution is 2.48. The van der Waals surface area contributed by atoms with Crippen molar-refractivity contribution >= 4 is 11.8 Å². The van der Waals surface area contributed by atoms with Gasteiger partial charge in [0.15, 0.2) is 5.69 Å². The lowest BCUT2D eigenvalue weighted by molar-refractivity contribution is -0.134. The maximum Gasteiger partial charge on any atom is 0.276 e. The third-order valence-corrected chi connectivity index (χ3v) is 5.98. The molecule has 2 atom stereocenters. The third-order valence-electron chi connectivity index (χ3n) is 5.98. The van der Waals surface area contributed by atoms with Gasteiger partial charge in [-0.2, -0.15) is 9.90 Å². The van der Waals surface area contributed by atoms with Crippen LogP contribution in [-0.4, -0.2) is 62.8 Å². The molecule has 2 amide bonds. The van der Waals surface area contributed by atoms with Crippen molar-refractivity contribution in [2.75, 3.05) is 26.2 Å². The molecule has 1 aromatic heterocycles. The van der Waals surface area contributed by atoms with Crippen LogP contribution < -0.4 is 0 Å². The molecule has 2 aliphatic rings. The topological polar surface area (TPSA) is 71.3 Å². The summed E-state index contributed by atoms with van der Waals surface area (Å²) in [5, 5.41) is 8.49. The number of benzene rings is 2. The standard InChI is InChI=1S/C23H22FN5O2/c24-17-8-6-16(7-9-17)19-14-20(19)22(30)27-10-12-28(13-11-27)23(31)21-15-25-29(26-21)18-4-2-1-3-5-18/h1-9,15,19-20H,10-14H2/t19-,20+/m0/s1. The Morgan fingerprint density at radius 2 is 1.58 bits per heavy atom. The monoisotopic (exact) mass is 419 g/mol. The first-order valence-electron chi connectivity index (χ1n) is 10.4. The largest absolute Gasteiger partial charge is 0.339 e. The average molecular weight is 419 g/mol. The van der Waals surface area contributed by atoms with Gasteiger partial charge in [-0.25, -0.2) is 4.39 Å². The van der Waals surface area contributed by atoms with Crippen LogP contribution in [0.25, 0.3) is 5.69 Å². The fourth-order valence-corrected chi connectivity index (χ4v) is 4.12. The number of carbonyl (C=O) groups excluding carboxylic acids is 2. The molecule has 2 aromatic carbocycles. The molecular weight excluding hydrogens is 397 g/mol. The Labute approximate surface area is 179 Å². The number of carbonyl (C=O) groups is 2. The SMILES string of the molecule is O=C(c1cnn(-c2ccccc2)n1)N1CCN(C(=O)[C@@H]2C[C@H]2c2ccc(F)cc2)CC1. The van der Waals surface area contributed by atoms with Gasteiger partial charge in [-0.3, -0.25) is 9.59 Å². The minimum Gasteiger partial charge on any atom is -0.339 e. The molecule has 0 bridgehead atoms. The maximum atomic E-state index is 13.1. The van der Waals surface area contributed by atoms with Gasteiger partial charge in [-0.15, -0.1) is 5.10 Å². The fraction of sp³-hybridized carbons (Fsp3) is 0.304. The number of halogens is 1. The number of nitrogens with zero attached hydrogens (tertiary/aromatic N) is 5. The Morgan fingerprint density at radius 3 is 2.29 bits per heavy atom. The minimum atomic E-state index is -0.267. The number of amides is 2. The molecule has 31 heavy (non-hydrogen) atoms. The van der Waals surface area contributed by atoms with Crippen molar-refractivity contribution in [3.05, 3.63) is 77.9 Å². The molecule has 3 aromatic rings. The highest BCUT2D eigenvalue weighted by atomic mass is 19.1. The van der Waals surface area contributed by atoms with Crippen LogP contribution in [0.3, 0.4) is 0 Å². The van der Waals surface area contributed by atoms with E-state index in [-0.39, 0.29) is 29.5 Å². The molecule has 0 unspecified atom stereocenters. The summed E-state index contributed by atoms with van der Waals surface area (Å²) in [5.74, 6) is -0.197. The van der Waals surface area contributed by atoms with E-state index in [4.69, 9.17) is 0 Å². The van der Waals surface area contributed by atoms with E-state index < -0.39 is 0 Å². The van der Waals surface area contributed by atoms with Crippen molar-refractivity contribution in [1.29, 1.82) is 0 Å². The summed E-state index contributed by atoms with van der Waals surface area (Å²) in [4.78, 5) is 30.6. The summed E-state index contributed by atoms with van der Waals surface area (Å²) >= 11 is 0. The number of rotatable bonds is 4. The van der Waals surface area contributed by atoms with E-state index in [9.17, 15) is 14.0 Å². The van der Waals surface area contributed by atoms with Gasteiger partial charge in [-0.05, 0) is 42.2 Å². The summed E-state index contributed by atoms with van der Waals surface area (Å²) in [6, 6.07) is 15.8. The van der Waals surface area contributed by atoms with E-state index in [1.807, 2.05) is 35.2 Å². The van der Waals surface area contributed by atoms with Crippen LogP contribution in [0.5, 0.6) is 0 Å². The smallest absolute Gasteiger partial charge is 0.276 e. The molecule has 2 fully saturated rings. The lowest BCUT2D eigenvalue weighted by atomic mass is 10.1. The van der Waals surface area contributed by atoms with Gasteiger partial charge >= 0.3 is 0 Å². The molecule has 1 saturated carbocycles. The van der Waals surface area contributed by atoms with Crippen LogP contribution in [0.15, 0.2) is 60.8 Å². The Balaban J connectivity index is 1.16. The summed E-state index contributed by atoms with van der Waals surface area (Å²) in [7, 11) is 0. The van der Waals surface area contributed by atoms with Crippen LogP contribution in [0.2, 0.25) is 0 Å². The molecule has 5 rings (SSSR count). The minimum absolute atomic E-state index is 0.0431. The molecular formula is C23H22FN5O2. The number of aromatic nitrogens is 3. The van der Waals surface area contributed by atoms with Gasteiger partial charge in [0.1, 0.15) is 5.82 Å². The summed E-state index contributed by atoms with van der Waals surface area (Å²) in [6.45, 7) is 1.95. The second-order valence-corrected chi connectivity index (χ2v) is 7.97. The van der Waals surface area contributed by atoms with Crippen molar-refractivity contribution in [3.8, 4) is 5.69 Å². The van der Waals surface area contributed by atoms with Gasteiger partial charge in [-0.1, -0.05) is 30.3 Å². The second kappa shape index (κ2) is 7.94. The summed E-state index contributed by atoms with van der Waals surface area (Å²) < 4.78 is 13.1. The normalized spacial score (nSPS) is 20.5.